The van der Waals surface area contributed by atoms with Crippen LogP contribution in [-0.2, 0) is 5.41 Å². The topological polar surface area (TPSA) is 41.1 Å². The number of hydrogen-bond acceptors (Lipinski definition) is 2. The van der Waals surface area contributed by atoms with Gasteiger partial charge in [-0.3, -0.25) is 15.6 Å². The minimum absolute atomic E-state index is 0.0688. The Morgan fingerprint density at radius 1 is 0.900 bits per heavy atom. The van der Waals surface area contributed by atoms with E-state index in [9.17, 15) is 4.79 Å². The molecule has 0 saturated carbocycles. The molecule has 0 aliphatic carbocycles. The highest BCUT2D eigenvalue weighted by molar-refractivity contribution is 5.96. The van der Waals surface area contributed by atoms with Crippen molar-refractivity contribution in [3.05, 3.63) is 65.7 Å². The first-order valence-electron chi connectivity index (χ1n) is 6.69. The summed E-state index contributed by atoms with van der Waals surface area (Å²) in [4.78, 5) is 12.3. The molecule has 0 spiro atoms. The van der Waals surface area contributed by atoms with Gasteiger partial charge in [-0.15, -0.1) is 0 Å². The van der Waals surface area contributed by atoms with E-state index in [0.717, 1.165) is 11.3 Å². The van der Waals surface area contributed by atoms with Crippen LogP contribution < -0.4 is 10.9 Å². The van der Waals surface area contributed by atoms with Crippen molar-refractivity contribution >= 4 is 11.6 Å². The molecule has 0 unspecified atom stereocenters. The molecule has 0 saturated heterocycles. The number of rotatable bonds is 3. The van der Waals surface area contributed by atoms with Crippen LogP contribution in [0.2, 0.25) is 0 Å². The van der Waals surface area contributed by atoms with Crippen molar-refractivity contribution in [3.63, 3.8) is 0 Å². The molecule has 0 heterocycles. The van der Waals surface area contributed by atoms with Gasteiger partial charge in [0.05, 0.1) is 5.69 Å². The number of carbonyl (C=O) groups excluding carboxylic acids is 1. The van der Waals surface area contributed by atoms with Crippen molar-refractivity contribution in [2.75, 3.05) is 5.43 Å². The van der Waals surface area contributed by atoms with Crippen molar-refractivity contribution in [3.8, 4) is 0 Å². The maximum atomic E-state index is 12.3. The third kappa shape index (κ3) is 3.38. The largest absolute Gasteiger partial charge is 0.298 e. The van der Waals surface area contributed by atoms with Crippen LogP contribution >= 0.6 is 0 Å². The zero-order valence-corrected chi connectivity index (χ0v) is 12.1. The number of carbonyl (C=O) groups is 1. The number of benzene rings is 2. The van der Waals surface area contributed by atoms with Gasteiger partial charge in [0, 0.05) is 5.56 Å². The molecule has 0 aliphatic rings. The molecule has 20 heavy (non-hydrogen) atoms. The van der Waals surface area contributed by atoms with Crippen molar-refractivity contribution < 1.29 is 4.79 Å². The summed E-state index contributed by atoms with van der Waals surface area (Å²) in [5.74, 6) is -0.126. The highest BCUT2D eigenvalue weighted by Crippen LogP contribution is 2.25. The third-order valence-electron chi connectivity index (χ3n) is 3.07. The van der Waals surface area contributed by atoms with Crippen LogP contribution in [0.1, 0.15) is 36.7 Å². The number of anilines is 1. The predicted octanol–water partition coefficient (Wildman–Crippen LogP) is 3.74. The zero-order valence-electron chi connectivity index (χ0n) is 12.1. The Morgan fingerprint density at radius 2 is 1.50 bits per heavy atom. The van der Waals surface area contributed by atoms with Gasteiger partial charge in [0.15, 0.2) is 0 Å². The van der Waals surface area contributed by atoms with E-state index in [2.05, 4.69) is 31.6 Å². The lowest BCUT2D eigenvalue weighted by molar-refractivity contribution is 0.0960. The standard InChI is InChI=1S/C17H20N2O/c1-17(2,3)15-12-8-7-11-14(15)16(20)19-18-13-9-5-4-6-10-13/h4-12,18H,1-3H3,(H,19,20). The summed E-state index contributed by atoms with van der Waals surface area (Å²) in [7, 11) is 0. The molecule has 0 radical (unpaired) electrons. The van der Waals surface area contributed by atoms with Crippen LogP contribution in [0.3, 0.4) is 0 Å². The van der Waals surface area contributed by atoms with Crippen LogP contribution in [0.4, 0.5) is 5.69 Å². The second-order valence-electron chi connectivity index (χ2n) is 5.74. The number of para-hydroxylation sites is 1. The van der Waals surface area contributed by atoms with E-state index in [-0.39, 0.29) is 11.3 Å². The van der Waals surface area contributed by atoms with Crippen LogP contribution in [0.5, 0.6) is 0 Å². The smallest absolute Gasteiger partial charge is 0.269 e. The molecule has 2 N–H and O–H groups in total. The fraction of sp³-hybridized carbons (Fsp3) is 0.235. The number of nitrogens with one attached hydrogen (secondary N) is 2. The molecule has 0 atom stereocenters. The lowest BCUT2D eigenvalue weighted by atomic mass is 9.83. The van der Waals surface area contributed by atoms with Crippen molar-refractivity contribution in [2.24, 2.45) is 0 Å². The van der Waals surface area contributed by atoms with Gasteiger partial charge >= 0.3 is 0 Å². The Labute approximate surface area is 120 Å². The molecule has 0 aliphatic heterocycles. The molecule has 104 valence electrons. The Bertz CT molecular complexity index is 585. The molecule has 2 aromatic carbocycles. The molecule has 2 aromatic rings. The van der Waals surface area contributed by atoms with E-state index in [1.165, 1.54) is 0 Å². The molecule has 2 rings (SSSR count). The second kappa shape index (κ2) is 5.78. The quantitative estimate of drug-likeness (QED) is 0.833. The lowest BCUT2D eigenvalue weighted by Gasteiger charge is -2.22. The monoisotopic (exact) mass is 268 g/mol. The molecular weight excluding hydrogens is 248 g/mol. The Balaban J connectivity index is 2.14. The molecule has 3 heteroatoms. The van der Waals surface area contributed by atoms with Crippen LogP contribution in [0.15, 0.2) is 54.6 Å². The fourth-order valence-corrected chi connectivity index (χ4v) is 2.05. The molecule has 1 amide bonds. The summed E-state index contributed by atoms with van der Waals surface area (Å²) in [6.45, 7) is 6.30. The summed E-state index contributed by atoms with van der Waals surface area (Å²) in [6.07, 6.45) is 0. The highest BCUT2D eigenvalue weighted by atomic mass is 16.2. The first kappa shape index (κ1) is 14.1. The van der Waals surface area contributed by atoms with Gasteiger partial charge in [-0.1, -0.05) is 57.2 Å². The third-order valence-corrected chi connectivity index (χ3v) is 3.07. The normalized spacial score (nSPS) is 10.9. The maximum Gasteiger partial charge on any atom is 0.269 e. The maximum absolute atomic E-state index is 12.3. The van der Waals surface area contributed by atoms with Gasteiger partial charge in [0.25, 0.3) is 5.91 Å². The summed E-state index contributed by atoms with van der Waals surface area (Å²) < 4.78 is 0. The van der Waals surface area contributed by atoms with E-state index in [4.69, 9.17) is 0 Å². The lowest BCUT2D eigenvalue weighted by Crippen LogP contribution is -2.31. The van der Waals surface area contributed by atoms with Crippen LogP contribution in [0.25, 0.3) is 0 Å². The summed E-state index contributed by atoms with van der Waals surface area (Å²) in [6, 6.07) is 17.2. The van der Waals surface area contributed by atoms with Crippen molar-refractivity contribution in [1.82, 2.24) is 5.43 Å². The molecule has 3 nitrogen and oxygen atoms in total. The molecular formula is C17H20N2O. The molecule has 0 fully saturated rings. The van der Waals surface area contributed by atoms with Gasteiger partial charge < -0.3 is 0 Å². The average Bonchev–Trinajstić information content (AvgIpc) is 2.45. The van der Waals surface area contributed by atoms with Gasteiger partial charge in [0.2, 0.25) is 0 Å². The number of hydrogen-bond donors (Lipinski definition) is 2. The van der Waals surface area contributed by atoms with Gasteiger partial charge in [-0.25, -0.2) is 0 Å². The van der Waals surface area contributed by atoms with Gasteiger partial charge in [0.1, 0.15) is 0 Å². The first-order valence-corrected chi connectivity index (χ1v) is 6.69. The van der Waals surface area contributed by atoms with Crippen molar-refractivity contribution in [1.29, 1.82) is 0 Å². The minimum atomic E-state index is -0.126. The average molecular weight is 268 g/mol. The van der Waals surface area contributed by atoms with Crippen LogP contribution in [0, 0.1) is 0 Å². The van der Waals surface area contributed by atoms with E-state index >= 15 is 0 Å². The SMILES string of the molecule is CC(C)(C)c1ccccc1C(=O)NNc1ccccc1. The van der Waals surface area contributed by atoms with E-state index < -0.39 is 0 Å². The van der Waals surface area contributed by atoms with E-state index in [1.54, 1.807) is 0 Å². The fourth-order valence-electron chi connectivity index (χ4n) is 2.05. The van der Waals surface area contributed by atoms with E-state index in [1.807, 2.05) is 54.6 Å². The van der Waals surface area contributed by atoms with Crippen molar-refractivity contribution in [2.45, 2.75) is 26.2 Å². The predicted molar refractivity (Wildman–Crippen MR) is 82.7 cm³/mol. The van der Waals surface area contributed by atoms with E-state index in [0.29, 0.717) is 5.56 Å². The van der Waals surface area contributed by atoms with Gasteiger partial charge in [-0.05, 0) is 29.2 Å². The number of hydrazine groups is 1. The van der Waals surface area contributed by atoms with Crippen LogP contribution in [-0.4, -0.2) is 5.91 Å². The number of amides is 1. The highest BCUT2D eigenvalue weighted by Gasteiger charge is 2.20. The first-order chi connectivity index (χ1) is 9.48. The zero-order chi connectivity index (χ0) is 14.6. The Hall–Kier alpha value is -2.29. The van der Waals surface area contributed by atoms with Gasteiger partial charge in [-0.2, -0.15) is 0 Å². The molecule has 0 aromatic heterocycles. The summed E-state index contributed by atoms with van der Waals surface area (Å²) >= 11 is 0. The Morgan fingerprint density at radius 3 is 2.15 bits per heavy atom. The second-order valence-corrected chi connectivity index (χ2v) is 5.74. The molecule has 0 bridgehead atoms. The summed E-state index contributed by atoms with van der Waals surface area (Å²) in [5.41, 5.74) is 8.18. The minimum Gasteiger partial charge on any atom is -0.298 e. The summed E-state index contributed by atoms with van der Waals surface area (Å²) in [5, 5.41) is 0. The Kier molecular flexibility index (Phi) is 4.08.